The summed E-state index contributed by atoms with van der Waals surface area (Å²) in [5, 5.41) is 0. The average molecular weight is 235 g/mol. The van der Waals surface area contributed by atoms with Crippen LogP contribution in [0.3, 0.4) is 0 Å². The molecule has 0 aliphatic carbocycles. The molecule has 0 bridgehead atoms. The summed E-state index contributed by atoms with van der Waals surface area (Å²) in [6.45, 7) is 7.17. The minimum Gasteiger partial charge on any atom is -0.357 e. The van der Waals surface area contributed by atoms with Crippen LogP contribution in [0.5, 0.6) is 0 Å². The third kappa shape index (κ3) is 3.70. The third-order valence-corrected chi connectivity index (χ3v) is 3.28. The van der Waals surface area contributed by atoms with Gasteiger partial charge in [0.25, 0.3) is 0 Å². The highest BCUT2D eigenvalue weighted by Gasteiger charge is 2.11. The molecule has 0 fully saturated rings. The van der Waals surface area contributed by atoms with Gasteiger partial charge >= 0.3 is 0 Å². The van der Waals surface area contributed by atoms with Gasteiger partial charge in [0.2, 0.25) is 0 Å². The lowest BCUT2D eigenvalue weighted by Crippen LogP contribution is -2.29. The Labute approximate surface area is 105 Å². The lowest BCUT2D eigenvalue weighted by Gasteiger charge is -2.25. The molecule has 1 rings (SSSR count). The molecule has 1 aromatic rings. The first-order chi connectivity index (χ1) is 8.12. The summed E-state index contributed by atoms with van der Waals surface area (Å²) >= 11 is 0. The van der Waals surface area contributed by atoms with Crippen LogP contribution in [-0.4, -0.2) is 18.1 Å². The van der Waals surface area contributed by atoms with Crippen molar-refractivity contribution in [3.8, 4) is 0 Å². The van der Waals surface area contributed by atoms with Crippen molar-refractivity contribution >= 4 is 5.82 Å². The molecule has 0 saturated carbocycles. The van der Waals surface area contributed by atoms with Crippen molar-refractivity contribution < 1.29 is 0 Å². The maximum Gasteiger partial charge on any atom is 0.129 e. The highest BCUT2D eigenvalue weighted by atomic mass is 15.2. The molecule has 96 valence electrons. The molecule has 1 atom stereocenters. The largest absolute Gasteiger partial charge is 0.357 e. The quantitative estimate of drug-likeness (QED) is 0.824. The molecule has 0 aromatic carbocycles. The van der Waals surface area contributed by atoms with Crippen LogP contribution in [0.4, 0.5) is 5.82 Å². The van der Waals surface area contributed by atoms with Crippen LogP contribution in [0, 0.1) is 0 Å². The van der Waals surface area contributed by atoms with Gasteiger partial charge in [0.1, 0.15) is 5.82 Å². The van der Waals surface area contributed by atoms with Gasteiger partial charge in [-0.3, -0.25) is 0 Å². The zero-order chi connectivity index (χ0) is 12.8. The summed E-state index contributed by atoms with van der Waals surface area (Å²) in [6.07, 6.45) is 3.26. The number of rotatable bonds is 6. The highest BCUT2D eigenvalue weighted by Crippen LogP contribution is 2.18. The first kappa shape index (κ1) is 14.0. The van der Waals surface area contributed by atoms with E-state index in [4.69, 9.17) is 10.7 Å². The predicted octanol–water partition coefficient (Wildman–Crippen LogP) is 2.73. The Bertz CT molecular complexity index is 349. The van der Waals surface area contributed by atoms with E-state index in [0.717, 1.165) is 30.8 Å². The molecule has 1 unspecified atom stereocenters. The Hall–Kier alpha value is -1.09. The van der Waals surface area contributed by atoms with E-state index in [1.165, 1.54) is 5.56 Å². The molecule has 1 aromatic heterocycles. The molecule has 0 spiro atoms. The van der Waals surface area contributed by atoms with Crippen molar-refractivity contribution in [3.05, 3.63) is 23.4 Å². The minimum absolute atomic E-state index is 0.505. The number of aryl methyl sites for hydroxylation is 1. The molecule has 0 aliphatic rings. The van der Waals surface area contributed by atoms with Crippen molar-refractivity contribution in [2.45, 2.75) is 52.6 Å². The lowest BCUT2D eigenvalue weighted by atomic mass is 10.1. The molecule has 3 nitrogen and oxygen atoms in total. The van der Waals surface area contributed by atoms with Crippen LogP contribution in [0.1, 0.15) is 44.9 Å². The van der Waals surface area contributed by atoms with Crippen LogP contribution >= 0.6 is 0 Å². The number of anilines is 1. The van der Waals surface area contributed by atoms with E-state index >= 15 is 0 Å². The van der Waals surface area contributed by atoms with Crippen LogP contribution in [0.25, 0.3) is 0 Å². The number of hydrogen-bond acceptors (Lipinski definition) is 3. The van der Waals surface area contributed by atoms with Gasteiger partial charge < -0.3 is 10.6 Å². The summed E-state index contributed by atoms with van der Waals surface area (Å²) in [5.41, 5.74) is 8.07. The first-order valence-corrected chi connectivity index (χ1v) is 6.55. The Morgan fingerprint density at radius 2 is 2.06 bits per heavy atom. The van der Waals surface area contributed by atoms with Crippen molar-refractivity contribution in [2.75, 3.05) is 11.9 Å². The van der Waals surface area contributed by atoms with E-state index in [1.807, 2.05) is 0 Å². The van der Waals surface area contributed by atoms with E-state index in [2.05, 4.69) is 44.9 Å². The van der Waals surface area contributed by atoms with Crippen molar-refractivity contribution in [1.29, 1.82) is 0 Å². The fourth-order valence-corrected chi connectivity index (χ4v) is 1.82. The standard InChI is InChI=1S/C14H25N3/c1-5-7-13-8-12(10-15)9-14(16-13)17(4)11(3)6-2/h8-9,11H,5-7,10,15H2,1-4H3. The third-order valence-electron chi connectivity index (χ3n) is 3.28. The SMILES string of the molecule is CCCc1cc(CN)cc(N(C)C(C)CC)n1. The molecule has 0 saturated heterocycles. The highest BCUT2D eigenvalue weighted by molar-refractivity contribution is 5.43. The zero-order valence-corrected chi connectivity index (χ0v) is 11.5. The maximum atomic E-state index is 5.75. The molecule has 0 radical (unpaired) electrons. The van der Waals surface area contributed by atoms with Gasteiger partial charge in [-0.2, -0.15) is 0 Å². The summed E-state index contributed by atoms with van der Waals surface area (Å²) in [5.74, 6) is 1.05. The molecular weight excluding hydrogens is 210 g/mol. The summed E-state index contributed by atoms with van der Waals surface area (Å²) < 4.78 is 0. The second-order valence-electron chi connectivity index (χ2n) is 4.65. The Kier molecular flexibility index (Phi) is 5.42. The van der Waals surface area contributed by atoms with E-state index in [0.29, 0.717) is 12.6 Å². The topological polar surface area (TPSA) is 42.1 Å². The van der Waals surface area contributed by atoms with Crippen molar-refractivity contribution in [3.63, 3.8) is 0 Å². The number of pyridine rings is 1. The zero-order valence-electron chi connectivity index (χ0n) is 11.5. The van der Waals surface area contributed by atoms with Gasteiger partial charge in [-0.1, -0.05) is 20.3 Å². The Morgan fingerprint density at radius 3 is 2.59 bits per heavy atom. The van der Waals surface area contributed by atoms with Crippen LogP contribution in [-0.2, 0) is 13.0 Å². The average Bonchev–Trinajstić information content (AvgIpc) is 2.36. The number of nitrogens with zero attached hydrogens (tertiary/aromatic N) is 2. The van der Waals surface area contributed by atoms with Gasteiger partial charge in [-0.25, -0.2) is 4.98 Å². The number of nitrogens with two attached hydrogens (primary N) is 1. The van der Waals surface area contributed by atoms with Crippen molar-refractivity contribution in [1.82, 2.24) is 4.98 Å². The Balaban J connectivity index is 3.01. The monoisotopic (exact) mass is 235 g/mol. The van der Waals surface area contributed by atoms with E-state index in [9.17, 15) is 0 Å². The molecule has 17 heavy (non-hydrogen) atoms. The van der Waals surface area contributed by atoms with Gasteiger partial charge in [-0.15, -0.1) is 0 Å². The number of aromatic nitrogens is 1. The van der Waals surface area contributed by atoms with E-state index in [-0.39, 0.29) is 0 Å². The lowest BCUT2D eigenvalue weighted by molar-refractivity contribution is 0.654. The van der Waals surface area contributed by atoms with Gasteiger partial charge in [0.15, 0.2) is 0 Å². The van der Waals surface area contributed by atoms with Crippen molar-refractivity contribution in [2.24, 2.45) is 5.73 Å². The fraction of sp³-hybridized carbons (Fsp3) is 0.643. The molecule has 2 N–H and O–H groups in total. The molecule has 0 amide bonds. The van der Waals surface area contributed by atoms with Gasteiger partial charge in [0.05, 0.1) is 0 Å². The van der Waals surface area contributed by atoms with Crippen LogP contribution in [0.15, 0.2) is 12.1 Å². The summed E-state index contributed by atoms with van der Waals surface area (Å²) in [6, 6.07) is 4.73. The predicted molar refractivity (Wildman–Crippen MR) is 74.3 cm³/mol. The normalized spacial score (nSPS) is 12.5. The number of hydrogen-bond donors (Lipinski definition) is 1. The van der Waals surface area contributed by atoms with E-state index < -0.39 is 0 Å². The maximum absolute atomic E-state index is 5.75. The van der Waals surface area contributed by atoms with Crippen LogP contribution < -0.4 is 10.6 Å². The summed E-state index contributed by atoms with van der Waals surface area (Å²) in [4.78, 5) is 6.94. The van der Waals surface area contributed by atoms with Gasteiger partial charge in [0, 0.05) is 25.3 Å². The molecular formula is C14H25N3. The van der Waals surface area contributed by atoms with Crippen LogP contribution in [0.2, 0.25) is 0 Å². The second kappa shape index (κ2) is 6.60. The first-order valence-electron chi connectivity index (χ1n) is 6.55. The fourth-order valence-electron chi connectivity index (χ4n) is 1.82. The smallest absolute Gasteiger partial charge is 0.129 e. The van der Waals surface area contributed by atoms with Gasteiger partial charge in [-0.05, 0) is 37.5 Å². The molecule has 3 heteroatoms. The Morgan fingerprint density at radius 1 is 1.35 bits per heavy atom. The molecule has 0 aliphatic heterocycles. The van der Waals surface area contributed by atoms with E-state index in [1.54, 1.807) is 0 Å². The molecule has 1 heterocycles. The summed E-state index contributed by atoms with van der Waals surface area (Å²) in [7, 11) is 2.10. The minimum atomic E-state index is 0.505. The second-order valence-corrected chi connectivity index (χ2v) is 4.65.